The van der Waals surface area contributed by atoms with Crippen molar-refractivity contribution in [1.82, 2.24) is 10.2 Å². The molecule has 1 N–H and O–H groups in total. The number of piperidine rings is 1. The van der Waals surface area contributed by atoms with E-state index in [2.05, 4.69) is 10.2 Å². The Morgan fingerprint density at radius 2 is 1.93 bits per heavy atom. The maximum absolute atomic E-state index is 13.6. The van der Waals surface area contributed by atoms with Crippen LogP contribution in [0.25, 0.3) is 0 Å². The van der Waals surface area contributed by atoms with Gasteiger partial charge in [-0.1, -0.05) is 30.3 Å². The van der Waals surface area contributed by atoms with Crippen molar-refractivity contribution in [1.29, 1.82) is 0 Å². The summed E-state index contributed by atoms with van der Waals surface area (Å²) < 4.78 is 26.6. The third-order valence-corrected chi connectivity index (χ3v) is 5.96. The second kappa shape index (κ2) is 10.6. The highest BCUT2D eigenvalue weighted by atomic mass is 32.2. The van der Waals surface area contributed by atoms with Crippen molar-refractivity contribution >= 4 is 17.7 Å². The molecular weight excluding hydrogens is 378 g/mol. The summed E-state index contributed by atoms with van der Waals surface area (Å²) in [7, 11) is 0. The van der Waals surface area contributed by atoms with E-state index in [1.165, 1.54) is 18.2 Å². The Morgan fingerprint density at radius 3 is 2.71 bits per heavy atom. The molecule has 0 aromatic heterocycles. The van der Waals surface area contributed by atoms with Crippen LogP contribution in [-0.2, 0) is 17.1 Å². The molecule has 1 fully saturated rings. The summed E-state index contributed by atoms with van der Waals surface area (Å²) in [6.45, 7) is 3.01. The molecule has 150 valence electrons. The first kappa shape index (κ1) is 20.8. The number of carbonyl (C=O) groups excluding carboxylic acids is 1. The predicted molar refractivity (Wildman–Crippen MR) is 110 cm³/mol. The first-order valence-corrected chi connectivity index (χ1v) is 10.8. The van der Waals surface area contributed by atoms with Gasteiger partial charge in [-0.3, -0.25) is 9.69 Å². The van der Waals surface area contributed by atoms with Gasteiger partial charge in [0.1, 0.15) is 11.6 Å². The number of hydrogen-bond acceptors (Lipinski definition) is 3. The molecule has 3 rings (SSSR count). The lowest BCUT2D eigenvalue weighted by Crippen LogP contribution is -2.43. The van der Waals surface area contributed by atoms with Crippen LogP contribution in [0.15, 0.2) is 48.5 Å². The van der Waals surface area contributed by atoms with E-state index >= 15 is 0 Å². The summed E-state index contributed by atoms with van der Waals surface area (Å²) in [5.74, 6) is 1.04. The van der Waals surface area contributed by atoms with E-state index in [0.29, 0.717) is 17.9 Å². The van der Waals surface area contributed by atoms with Crippen LogP contribution < -0.4 is 5.32 Å². The van der Waals surface area contributed by atoms with E-state index in [1.54, 1.807) is 36.0 Å². The molecule has 2 aromatic rings. The molecule has 0 radical (unpaired) electrons. The Kier molecular flexibility index (Phi) is 7.86. The maximum Gasteiger partial charge on any atom is 0.224 e. The third-order valence-electron chi connectivity index (χ3n) is 4.96. The van der Waals surface area contributed by atoms with Gasteiger partial charge in [0.2, 0.25) is 5.91 Å². The lowest BCUT2D eigenvalue weighted by Gasteiger charge is -2.32. The number of benzene rings is 2. The third kappa shape index (κ3) is 6.31. The molecular formula is C22H26F2N2OS. The number of nitrogens with one attached hydrogen (secondary N) is 1. The van der Waals surface area contributed by atoms with Gasteiger partial charge in [0.15, 0.2) is 0 Å². The zero-order chi connectivity index (χ0) is 19.8. The van der Waals surface area contributed by atoms with E-state index in [4.69, 9.17) is 0 Å². The van der Waals surface area contributed by atoms with Crippen LogP contribution in [0.5, 0.6) is 0 Å². The first-order valence-electron chi connectivity index (χ1n) is 9.67. The summed E-state index contributed by atoms with van der Waals surface area (Å²) in [5, 5.41) is 3.02. The largest absolute Gasteiger partial charge is 0.355 e. The molecule has 1 aliphatic rings. The summed E-state index contributed by atoms with van der Waals surface area (Å²) in [4.78, 5) is 14.7. The number of hydrogen-bond donors (Lipinski definition) is 1. The normalized spacial score (nSPS) is 17.4. The molecule has 28 heavy (non-hydrogen) atoms. The number of carbonyl (C=O) groups is 1. The molecule has 0 aliphatic carbocycles. The Hall–Kier alpha value is -1.92. The molecule has 1 amide bonds. The van der Waals surface area contributed by atoms with Gasteiger partial charge < -0.3 is 5.32 Å². The van der Waals surface area contributed by atoms with E-state index in [9.17, 15) is 13.6 Å². The van der Waals surface area contributed by atoms with Crippen molar-refractivity contribution < 1.29 is 13.6 Å². The van der Waals surface area contributed by atoms with Crippen molar-refractivity contribution in [2.24, 2.45) is 5.92 Å². The molecule has 1 heterocycles. The summed E-state index contributed by atoms with van der Waals surface area (Å²) in [6.07, 6.45) is 1.88. The van der Waals surface area contributed by atoms with Crippen molar-refractivity contribution in [3.05, 3.63) is 71.3 Å². The van der Waals surface area contributed by atoms with Gasteiger partial charge in [0, 0.05) is 31.1 Å². The number of rotatable bonds is 8. The first-order chi connectivity index (χ1) is 13.6. The topological polar surface area (TPSA) is 32.3 Å². The van der Waals surface area contributed by atoms with E-state index < -0.39 is 0 Å². The molecule has 1 atom stereocenters. The standard InChI is InChI=1S/C22H26F2N2OS/c23-20-9-7-17(8-10-20)14-26-12-3-5-18(15-26)22(27)25-11-13-28-16-19-4-1-2-6-21(19)24/h1-2,4,6-10,18H,3,5,11-16H2,(H,25,27). The van der Waals surface area contributed by atoms with Gasteiger partial charge in [-0.25, -0.2) is 8.78 Å². The number of amides is 1. The number of halogens is 2. The van der Waals surface area contributed by atoms with Gasteiger partial charge in [-0.2, -0.15) is 11.8 Å². The SMILES string of the molecule is O=C(NCCSCc1ccccc1F)C1CCCN(Cc2ccc(F)cc2)C1. The monoisotopic (exact) mass is 404 g/mol. The smallest absolute Gasteiger partial charge is 0.224 e. The number of thioether (sulfide) groups is 1. The lowest BCUT2D eigenvalue weighted by atomic mass is 9.96. The summed E-state index contributed by atoms with van der Waals surface area (Å²) in [5.41, 5.74) is 1.76. The fourth-order valence-electron chi connectivity index (χ4n) is 3.45. The molecule has 2 aromatic carbocycles. The van der Waals surface area contributed by atoms with Gasteiger partial charge >= 0.3 is 0 Å². The van der Waals surface area contributed by atoms with Crippen molar-refractivity contribution in [2.45, 2.75) is 25.1 Å². The second-order valence-corrected chi connectivity index (χ2v) is 8.24. The highest BCUT2D eigenvalue weighted by Gasteiger charge is 2.25. The van der Waals surface area contributed by atoms with Crippen molar-refractivity contribution in [2.75, 3.05) is 25.4 Å². The van der Waals surface area contributed by atoms with Crippen LogP contribution in [0.1, 0.15) is 24.0 Å². The van der Waals surface area contributed by atoms with Crippen LogP contribution >= 0.6 is 11.8 Å². The lowest BCUT2D eigenvalue weighted by molar-refractivity contribution is -0.126. The Morgan fingerprint density at radius 1 is 1.14 bits per heavy atom. The molecule has 1 aliphatic heterocycles. The average molecular weight is 405 g/mol. The highest BCUT2D eigenvalue weighted by molar-refractivity contribution is 7.98. The molecule has 3 nitrogen and oxygen atoms in total. The van der Waals surface area contributed by atoms with Crippen LogP contribution in [0.4, 0.5) is 8.78 Å². The van der Waals surface area contributed by atoms with Crippen LogP contribution in [0.2, 0.25) is 0 Å². The van der Waals surface area contributed by atoms with E-state index in [0.717, 1.165) is 43.8 Å². The average Bonchev–Trinajstić information content (AvgIpc) is 2.71. The molecule has 1 saturated heterocycles. The predicted octanol–water partition coefficient (Wildman–Crippen LogP) is 4.23. The molecule has 0 spiro atoms. The Balaban J connectivity index is 1.36. The minimum Gasteiger partial charge on any atom is -0.355 e. The minimum atomic E-state index is -0.229. The van der Waals surface area contributed by atoms with E-state index in [-0.39, 0.29) is 23.5 Å². The molecule has 0 saturated carbocycles. The fourth-order valence-corrected chi connectivity index (χ4v) is 4.29. The van der Waals surface area contributed by atoms with Gasteiger partial charge in [0.05, 0.1) is 5.92 Å². The summed E-state index contributed by atoms with van der Waals surface area (Å²) in [6, 6.07) is 13.3. The quantitative estimate of drug-likeness (QED) is 0.669. The minimum absolute atomic E-state index is 0.00855. The van der Waals surface area contributed by atoms with Gasteiger partial charge in [0.25, 0.3) is 0 Å². The fraction of sp³-hybridized carbons (Fsp3) is 0.409. The Bertz CT molecular complexity index is 769. The number of nitrogens with zero attached hydrogens (tertiary/aromatic N) is 1. The van der Waals surface area contributed by atoms with Crippen molar-refractivity contribution in [3.63, 3.8) is 0 Å². The van der Waals surface area contributed by atoms with Crippen LogP contribution in [0, 0.1) is 17.6 Å². The van der Waals surface area contributed by atoms with Gasteiger partial charge in [-0.15, -0.1) is 0 Å². The molecule has 6 heteroatoms. The van der Waals surface area contributed by atoms with E-state index in [1.807, 2.05) is 6.07 Å². The highest BCUT2D eigenvalue weighted by Crippen LogP contribution is 2.19. The second-order valence-electron chi connectivity index (χ2n) is 7.14. The zero-order valence-corrected chi connectivity index (χ0v) is 16.7. The van der Waals surface area contributed by atoms with Gasteiger partial charge in [-0.05, 0) is 48.7 Å². The van der Waals surface area contributed by atoms with Crippen molar-refractivity contribution in [3.8, 4) is 0 Å². The maximum atomic E-state index is 13.6. The summed E-state index contributed by atoms with van der Waals surface area (Å²) >= 11 is 1.62. The molecule has 1 unspecified atom stereocenters. The molecule has 0 bridgehead atoms. The van der Waals surface area contributed by atoms with Crippen LogP contribution in [0.3, 0.4) is 0 Å². The Labute approximate surface area is 169 Å². The van der Waals surface area contributed by atoms with Crippen LogP contribution in [-0.4, -0.2) is 36.2 Å². The number of likely N-dealkylation sites (tertiary alicyclic amines) is 1. The zero-order valence-electron chi connectivity index (χ0n) is 15.9.